The van der Waals surface area contributed by atoms with Gasteiger partial charge in [-0.1, -0.05) is 25.5 Å². The summed E-state index contributed by atoms with van der Waals surface area (Å²) in [7, 11) is 0. The van der Waals surface area contributed by atoms with Crippen molar-refractivity contribution in [3.63, 3.8) is 0 Å². The first-order valence-electron chi connectivity index (χ1n) is 3.45. The van der Waals surface area contributed by atoms with Gasteiger partial charge in [-0.2, -0.15) is 0 Å². The molecule has 0 N–H and O–H groups in total. The van der Waals surface area contributed by atoms with Gasteiger partial charge in [-0.25, -0.2) is 0 Å². The number of hydrogen-bond acceptors (Lipinski definition) is 0. The maximum absolute atomic E-state index is 3.96. The zero-order chi connectivity index (χ0) is 5.98. The summed E-state index contributed by atoms with van der Waals surface area (Å²) >= 11 is 0. The molecule has 0 bridgehead atoms. The fourth-order valence-electron chi connectivity index (χ4n) is 1.40. The van der Waals surface area contributed by atoms with E-state index in [0.29, 0.717) is 0 Å². The van der Waals surface area contributed by atoms with Gasteiger partial charge in [-0.3, -0.25) is 0 Å². The Labute approximate surface area is 51.6 Å². The Bertz CT molecular complexity index is 92.2. The van der Waals surface area contributed by atoms with E-state index in [1.54, 1.807) is 0 Å². The zero-order valence-corrected chi connectivity index (χ0v) is 5.61. The first kappa shape index (κ1) is 5.87. The van der Waals surface area contributed by atoms with E-state index in [1.807, 2.05) is 0 Å². The van der Waals surface area contributed by atoms with Crippen molar-refractivity contribution in [1.29, 1.82) is 0 Å². The third-order valence-corrected chi connectivity index (χ3v) is 1.86. The molecule has 0 nitrogen and oxygen atoms in total. The standard InChI is InChI=1S/C8H14/c1-7-4-3-5-8(2)6-7/h8H,1,3-6H2,2H3. The average Bonchev–Trinajstić information content (AvgIpc) is 1.64. The average molecular weight is 110 g/mol. The van der Waals surface area contributed by atoms with E-state index < -0.39 is 0 Å². The van der Waals surface area contributed by atoms with Gasteiger partial charge in [0.25, 0.3) is 0 Å². The predicted octanol–water partition coefficient (Wildman–Crippen LogP) is 2.75. The van der Waals surface area contributed by atoms with Crippen molar-refractivity contribution in [2.75, 3.05) is 0 Å². The normalized spacial score (nSPS) is 30.6. The van der Waals surface area contributed by atoms with Crippen molar-refractivity contribution in [3.8, 4) is 0 Å². The van der Waals surface area contributed by atoms with Gasteiger partial charge >= 0.3 is 0 Å². The molecule has 1 atom stereocenters. The molecule has 0 amide bonds. The van der Waals surface area contributed by atoms with Crippen molar-refractivity contribution < 1.29 is 0 Å². The molecule has 0 aliphatic heterocycles. The SMILES string of the molecule is C=C1CCCC(C)C1. The van der Waals surface area contributed by atoms with Crippen LogP contribution in [0.5, 0.6) is 0 Å². The number of allylic oxidation sites excluding steroid dienone is 1. The Hall–Kier alpha value is -0.260. The van der Waals surface area contributed by atoms with Crippen molar-refractivity contribution in [1.82, 2.24) is 0 Å². The Morgan fingerprint density at radius 2 is 2.38 bits per heavy atom. The third-order valence-electron chi connectivity index (χ3n) is 1.86. The lowest BCUT2D eigenvalue weighted by molar-refractivity contribution is 0.454. The van der Waals surface area contributed by atoms with Crippen LogP contribution in [0.2, 0.25) is 0 Å². The molecule has 1 fully saturated rings. The van der Waals surface area contributed by atoms with E-state index in [1.165, 1.54) is 31.3 Å². The van der Waals surface area contributed by atoms with E-state index in [0.717, 1.165) is 5.92 Å². The van der Waals surface area contributed by atoms with Crippen LogP contribution in [0.25, 0.3) is 0 Å². The minimum Gasteiger partial charge on any atom is -0.0999 e. The molecule has 46 valence electrons. The molecule has 1 rings (SSSR count). The third kappa shape index (κ3) is 1.36. The highest BCUT2D eigenvalue weighted by molar-refractivity contribution is 4.98. The van der Waals surface area contributed by atoms with Gasteiger partial charge in [0, 0.05) is 0 Å². The first-order chi connectivity index (χ1) is 3.79. The van der Waals surface area contributed by atoms with E-state index >= 15 is 0 Å². The summed E-state index contributed by atoms with van der Waals surface area (Å²) in [6.07, 6.45) is 5.35. The van der Waals surface area contributed by atoms with Gasteiger partial charge in [0.15, 0.2) is 0 Å². The van der Waals surface area contributed by atoms with Crippen LogP contribution in [0.1, 0.15) is 32.6 Å². The van der Waals surface area contributed by atoms with Gasteiger partial charge in [0.1, 0.15) is 0 Å². The highest BCUT2D eigenvalue weighted by Gasteiger charge is 2.09. The summed E-state index contributed by atoms with van der Waals surface area (Å²) in [4.78, 5) is 0. The van der Waals surface area contributed by atoms with E-state index in [-0.39, 0.29) is 0 Å². The van der Waals surface area contributed by atoms with Crippen LogP contribution >= 0.6 is 0 Å². The monoisotopic (exact) mass is 110 g/mol. The van der Waals surface area contributed by atoms with Crippen LogP contribution in [-0.2, 0) is 0 Å². The summed E-state index contributed by atoms with van der Waals surface area (Å²) in [6, 6.07) is 0. The molecule has 0 aromatic carbocycles. The fourth-order valence-corrected chi connectivity index (χ4v) is 1.40. The molecular weight excluding hydrogens is 96.1 g/mol. The van der Waals surface area contributed by atoms with Crippen LogP contribution in [0, 0.1) is 5.92 Å². The van der Waals surface area contributed by atoms with E-state index in [4.69, 9.17) is 0 Å². The Balaban J connectivity index is 2.34. The predicted molar refractivity (Wildman–Crippen MR) is 36.8 cm³/mol. The van der Waals surface area contributed by atoms with Gasteiger partial charge in [0.2, 0.25) is 0 Å². The van der Waals surface area contributed by atoms with Gasteiger partial charge in [-0.15, -0.1) is 0 Å². The Kier molecular flexibility index (Phi) is 1.72. The summed E-state index contributed by atoms with van der Waals surface area (Å²) in [6.45, 7) is 6.27. The van der Waals surface area contributed by atoms with Gasteiger partial charge in [0.05, 0.1) is 0 Å². The maximum atomic E-state index is 3.96. The maximum Gasteiger partial charge on any atom is -0.0297 e. The molecular formula is C8H14. The van der Waals surface area contributed by atoms with Gasteiger partial charge < -0.3 is 0 Å². The molecule has 0 radical (unpaired) electrons. The number of rotatable bonds is 0. The molecule has 1 aliphatic carbocycles. The van der Waals surface area contributed by atoms with Crippen molar-refractivity contribution in [2.24, 2.45) is 5.92 Å². The van der Waals surface area contributed by atoms with Crippen molar-refractivity contribution >= 4 is 0 Å². The second kappa shape index (κ2) is 2.34. The smallest absolute Gasteiger partial charge is 0.0297 e. The molecule has 0 heterocycles. The lowest BCUT2D eigenvalue weighted by atomic mass is 9.88. The second-order valence-corrected chi connectivity index (χ2v) is 2.95. The van der Waals surface area contributed by atoms with Crippen molar-refractivity contribution in [3.05, 3.63) is 12.2 Å². The van der Waals surface area contributed by atoms with Crippen LogP contribution in [-0.4, -0.2) is 0 Å². The summed E-state index contributed by atoms with van der Waals surface area (Å²) in [5.41, 5.74) is 1.46. The lowest BCUT2D eigenvalue weighted by Gasteiger charge is -2.18. The van der Waals surface area contributed by atoms with Crippen LogP contribution < -0.4 is 0 Å². The van der Waals surface area contributed by atoms with Crippen LogP contribution in [0.4, 0.5) is 0 Å². The Morgan fingerprint density at radius 3 is 2.75 bits per heavy atom. The molecule has 1 aliphatic rings. The lowest BCUT2D eigenvalue weighted by Crippen LogP contribution is -2.02. The number of hydrogen-bond donors (Lipinski definition) is 0. The minimum absolute atomic E-state index is 0.913. The highest BCUT2D eigenvalue weighted by atomic mass is 14.1. The summed E-state index contributed by atoms with van der Waals surface area (Å²) in [5, 5.41) is 0. The minimum atomic E-state index is 0.913. The molecule has 0 saturated heterocycles. The molecule has 8 heavy (non-hydrogen) atoms. The quantitative estimate of drug-likeness (QED) is 0.420. The second-order valence-electron chi connectivity index (χ2n) is 2.95. The van der Waals surface area contributed by atoms with Crippen LogP contribution in [0.15, 0.2) is 12.2 Å². The molecule has 0 aromatic rings. The zero-order valence-electron chi connectivity index (χ0n) is 5.61. The van der Waals surface area contributed by atoms with E-state index in [2.05, 4.69) is 13.5 Å². The van der Waals surface area contributed by atoms with Crippen molar-refractivity contribution in [2.45, 2.75) is 32.6 Å². The van der Waals surface area contributed by atoms with E-state index in [9.17, 15) is 0 Å². The molecule has 0 heteroatoms. The topological polar surface area (TPSA) is 0 Å². The molecule has 1 saturated carbocycles. The molecule has 1 unspecified atom stereocenters. The summed E-state index contributed by atoms with van der Waals surface area (Å²) in [5.74, 6) is 0.913. The first-order valence-corrected chi connectivity index (χ1v) is 3.45. The fraction of sp³-hybridized carbons (Fsp3) is 0.750. The van der Waals surface area contributed by atoms with Gasteiger partial charge in [-0.05, 0) is 25.2 Å². The molecule has 0 spiro atoms. The Morgan fingerprint density at radius 1 is 1.62 bits per heavy atom. The summed E-state index contributed by atoms with van der Waals surface area (Å²) < 4.78 is 0. The highest BCUT2D eigenvalue weighted by Crippen LogP contribution is 2.25. The van der Waals surface area contributed by atoms with Crippen LogP contribution in [0.3, 0.4) is 0 Å². The molecule has 0 aromatic heterocycles. The largest absolute Gasteiger partial charge is 0.0999 e.